The molecule has 0 N–H and O–H groups in total. The van der Waals surface area contributed by atoms with Gasteiger partial charge in [-0.1, -0.05) is 48.5 Å². The van der Waals surface area contributed by atoms with Gasteiger partial charge in [0, 0.05) is 19.1 Å². The highest BCUT2D eigenvalue weighted by Crippen LogP contribution is 2.34. The van der Waals surface area contributed by atoms with Crippen LogP contribution in [0.2, 0.25) is 0 Å². The molecule has 0 aliphatic heterocycles. The van der Waals surface area contributed by atoms with Crippen molar-refractivity contribution in [3.63, 3.8) is 0 Å². The fraction of sp³-hybridized carbons (Fsp3) is 0.167. The number of methoxy groups -OCH3 is 1. The van der Waals surface area contributed by atoms with Gasteiger partial charge in [-0.05, 0) is 27.1 Å². The Morgan fingerprint density at radius 3 is 2.60 bits per heavy atom. The summed E-state index contributed by atoms with van der Waals surface area (Å²) in [4.78, 5) is 12.2. The van der Waals surface area contributed by atoms with Gasteiger partial charge in [0.05, 0.1) is 0 Å². The first-order chi connectivity index (χ1) is 9.79. The number of fused-ring (bicyclic) bond motifs is 5. The van der Waals surface area contributed by atoms with E-state index in [1.165, 1.54) is 21.5 Å². The number of rotatable bonds is 1. The van der Waals surface area contributed by atoms with Gasteiger partial charge in [0.15, 0.2) is 5.78 Å². The van der Waals surface area contributed by atoms with Gasteiger partial charge < -0.3 is 4.74 Å². The monoisotopic (exact) mass is 262 g/mol. The average Bonchev–Trinajstić information content (AvgIpc) is 2.83. The number of ketones is 1. The summed E-state index contributed by atoms with van der Waals surface area (Å²) in [5, 5.41) is 4.86. The third kappa shape index (κ3) is 1.46. The lowest BCUT2D eigenvalue weighted by molar-refractivity contribution is 0.0647. The normalized spacial score (nSPS) is 17.9. The molecule has 0 bridgehead atoms. The molecule has 0 aromatic heterocycles. The molecular weight excluding hydrogens is 248 g/mol. The minimum Gasteiger partial charge on any atom is -0.373 e. The van der Waals surface area contributed by atoms with Crippen molar-refractivity contribution in [1.29, 1.82) is 0 Å². The molecule has 0 saturated carbocycles. The standard InChI is InChI=1S/C18H14O2/c1-20-17-10-16-14-7-6-11-4-2-3-5-12(11)13(14)8-9-15(16)18(17)19/h2-9,17H,10H2,1H3. The molecule has 1 aliphatic carbocycles. The van der Waals surface area contributed by atoms with Gasteiger partial charge in [-0.25, -0.2) is 0 Å². The van der Waals surface area contributed by atoms with Gasteiger partial charge in [-0.2, -0.15) is 0 Å². The third-order valence-corrected chi connectivity index (χ3v) is 4.27. The molecule has 3 aromatic carbocycles. The van der Waals surface area contributed by atoms with E-state index < -0.39 is 0 Å². The Labute approximate surface area is 117 Å². The van der Waals surface area contributed by atoms with Crippen molar-refractivity contribution in [1.82, 2.24) is 0 Å². The van der Waals surface area contributed by atoms with Crippen LogP contribution in [0.5, 0.6) is 0 Å². The zero-order valence-corrected chi connectivity index (χ0v) is 11.2. The van der Waals surface area contributed by atoms with E-state index in [1.807, 2.05) is 12.1 Å². The van der Waals surface area contributed by atoms with E-state index in [0.717, 1.165) is 11.1 Å². The molecule has 20 heavy (non-hydrogen) atoms. The quantitative estimate of drug-likeness (QED) is 0.624. The minimum absolute atomic E-state index is 0.109. The Balaban J connectivity index is 2.08. The molecule has 0 amide bonds. The SMILES string of the molecule is COC1Cc2c(ccc3c2ccc2ccccc23)C1=O. The summed E-state index contributed by atoms with van der Waals surface area (Å²) < 4.78 is 5.29. The third-order valence-electron chi connectivity index (χ3n) is 4.27. The van der Waals surface area contributed by atoms with E-state index in [9.17, 15) is 4.79 Å². The lowest BCUT2D eigenvalue weighted by Crippen LogP contribution is -2.17. The highest BCUT2D eigenvalue weighted by molar-refractivity contribution is 6.14. The molecule has 4 rings (SSSR count). The van der Waals surface area contributed by atoms with Crippen LogP contribution in [0.15, 0.2) is 48.5 Å². The topological polar surface area (TPSA) is 26.3 Å². The molecule has 0 fully saturated rings. The number of hydrogen-bond donors (Lipinski definition) is 0. The van der Waals surface area contributed by atoms with Crippen molar-refractivity contribution in [3.05, 3.63) is 59.7 Å². The van der Waals surface area contributed by atoms with Gasteiger partial charge in [-0.15, -0.1) is 0 Å². The summed E-state index contributed by atoms with van der Waals surface area (Å²) in [6.45, 7) is 0. The second-order valence-corrected chi connectivity index (χ2v) is 5.27. The first-order valence-corrected chi connectivity index (χ1v) is 6.80. The summed E-state index contributed by atoms with van der Waals surface area (Å²) in [5.74, 6) is 0.109. The van der Waals surface area contributed by atoms with Crippen LogP contribution in [0.1, 0.15) is 15.9 Å². The van der Waals surface area contributed by atoms with E-state index in [-0.39, 0.29) is 11.9 Å². The van der Waals surface area contributed by atoms with Crippen molar-refractivity contribution in [3.8, 4) is 0 Å². The lowest BCUT2D eigenvalue weighted by Gasteiger charge is -2.07. The maximum absolute atomic E-state index is 12.2. The predicted octanol–water partition coefficient (Wildman–Crippen LogP) is 3.75. The Morgan fingerprint density at radius 1 is 0.950 bits per heavy atom. The second-order valence-electron chi connectivity index (χ2n) is 5.27. The zero-order chi connectivity index (χ0) is 13.7. The zero-order valence-electron chi connectivity index (χ0n) is 11.2. The number of ether oxygens (including phenoxy) is 1. The summed E-state index contributed by atoms with van der Waals surface area (Å²) in [6.07, 6.45) is 0.363. The summed E-state index contributed by atoms with van der Waals surface area (Å²) in [6, 6.07) is 16.6. The molecule has 1 aliphatic rings. The molecule has 1 atom stereocenters. The fourth-order valence-electron chi connectivity index (χ4n) is 3.24. The van der Waals surface area contributed by atoms with Gasteiger partial charge in [0.1, 0.15) is 6.10 Å². The van der Waals surface area contributed by atoms with Crippen LogP contribution in [0.3, 0.4) is 0 Å². The Kier molecular flexibility index (Phi) is 2.41. The van der Waals surface area contributed by atoms with E-state index >= 15 is 0 Å². The molecule has 3 aromatic rings. The molecule has 0 saturated heterocycles. The first kappa shape index (κ1) is 11.6. The van der Waals surface area contributed by atoms with Gasteiger partial charge in [-0.3, -0.25) is 4.79 Å². The first-order valence-electron chi connectivity index (χ1n) is 6.80. The van der Waals surface area contributed by atoms with E-state index in [1.54, 1.807) is 7.11 Å². The number of carbonyl (C=O) groups is 1. The molecule has 2 heteroatoms. The number of benzene rings is 3. The minimum atomic E-state index is -0.318. The van der Waals surface area contributed by atoms with Crippen molar-refractivity contribution in [2.75, 3.05) is 7.11 Å². The summed E-state index contributed by atoms with van der Waals surface area (Å²) in [7, 11) is 1.60. The molecule has 0 spiro atoms. The molecule has 2 nitrogen and oxygen atoms in total. The highest BCUT2D eigenvalue weighted by atomic mass is 16.5. The lowest BCUT2D eigenvalue weighted by atomic mass is 9.96. The maximum Gasteiger partial charge on any atom is 0.192 e. The van der Waals surface area contributed by atoms with E-state index in [4.69, 9.17) is 4.74 Å². The van der Waals surface area contributed by atoms with Crippen LogP contribution < -0.4 is 0 Å². The molecular formula is C18H14O2. The fourth-order valence-corrected chi connectivity index (χ4v) is 3.24. The highest BCUT2D eigenvalue weighted by Gasteiger charge is 2.31. The van der Waals surface area contributed by atoms with Gasteiger partial charge in [0.2, 0.25) is 0 Å². The number of Topliss-reactive ketones (excluding diaryl/α,β-unsaturated/α-hetero) is 1. The Morgan fingerprint density at radius 2 is 1.75 bits per heavy atom. The van der Waals surface area contributed by atoms with Crippen LogP contribution in [0, 0.1) is 0 Å². The molecule has 0 radical (unpaired) electrons. The van der Waals surface area contributed by atoms with E-state index in [0.29, 0.717) is 6.42 Å². The number of carbonyl (C=O) groups excluding carboxylic acids is 1. The smallest absolute Gasteiger partial charge is 0.192 e. The van der Waals surface area contributed by atoms with Gasteiger partial charge >= 0.3 is 0 Å². The molecule has 98 valence electrons. The molecule has 0 heterocycles. The Hall–Kier alpha value is -2.19. The van der Waals surface area contributed by atoms with E-state index in [2.05, 4.69) is 36.4 Å². The van der Waals surface area contributed by atoms with Crippen molar-refractivity contribution < 1.29 is 9.53 Å². The van der Waals surface area contributed by atoms with Crippen LogP contribution in [-0.4, -0.2) is 19.0 Å². The van der Waals surface area contributed by atoms with Gasteiger partial charge in [0.25, 0.3) is 0 Å². The second kappa shape index (κ2) is 4.15. The Bertz CT molecular complexity index is 849. The van der Waals surface area contributed by atoms with Crippen LogP contribution in [-0.2, 0) is 11.2 Å². The maximum atomic E-state index is 12.2. The summed E-state index contributed by atoms with van der Waals surface area (Å²) in [5.41, 5.74) is 1.95. The summed E-state index contributed by atoms with van der Waals surface area (Å²) >= 11 is 0. The average molecular weight is 262 g/mol. The van der Waals surface area contributed by atoms with Crippen LogP contribution >= 0.6 is 0 Å². The van der Waals surface area contributed by atoms with Crippen molar-refractivity contribution >= 4 is 27.3 Å². The van der Waals surface area contributed by atoms with Crippen LogP contribution in [0.25, 0.3) is 21.5 Å². The van der Waals surface area contributed by atoms with Crippen molar-refractivity contribution in [2.45, 2.75) is 12.5 Å². The largest absolute Gasteiger partial charge is 0.373 e. The van der Waals surface area contributed by atoms with Crippen molar-refractivity contribution in [2.24, 2.45) is 0 Å². The number of hydrogen-bond acceptors (Lipinski definition) is 2. The van der Waals surface area contributed by atoms with Crippen LogP contribution in [0.4, 0.5) is 0 Å². The predicted molar refractivity (Wildman–Crippen MR) is 80.3 cm³/mol. The molecule has 1 unspecified atom stereocenters.